The van der Waals surface area contributed by atoms with E-state index in [9.17, 15) is 0 Å². The number of fused-ring (bicyclic) bond motifs is 1. The summed E-state index contributed by atoms with van der Waals surface area (Å²) in [5, 5.41) is 1.65. The fourth-order valence-corrected chi connectivity index (χ4v) is 2.67. The van der Waals surface area contributed by atoms with Crippen molar-refractivity contribution in [3.05, 3.63) is 29.3 Å². The zero-order chi connectivity index (χ0) is 10.8. The van der Waals surface area contributed by atoms with Gasteiger partial charge in [-0.05, 0) is 18.1 Å². The van der Waals surface area contributed by atoms with Crippen LogP contribution in [0, 0.1) is 5.92 Å². The lowest BCUT2D eigenvalue weighted by Gasteiger charge is -2.11. The number of nitrogens with zero attached hydrogens (tertiary/aromatic N) is 1. The van der Waals surface area contributed by atoms with E-state index in [0.717, 1.165) is 11.9 Å². The molecule has 3 heteroatoms. The smallest absolute Gasteiger partial charge is 0.0941 e. The molecule has 0 radical (unpaired) electrons. The number of para-hydroxylation sites is 1. The Kier molecular flexibility index (Phi) is 3.32. The third-order valence-corrected chi connectivity index (χ3v) is 4.23. The first kappa shape index (κ1) is 11.0. The van der Waals surface area contributed by atoms with Crippen molar-refractivity contribution in [3.63, 3.8) is 0 Å². The van der Waals surface area contributed by atoms with Crippen molar-refractivity contribution in [1.29, 1.82) is 0 Å². The van der Waals surface area contributed by atoms with Crippen LogP contribution in [0.4, 0.5) is 0 Å². The van der Waals surface area contributed by atoms with Crippen LogP contribution in [0.2, 0.25) is 0 Å². The second-order valence-electron chi connectivity index (χ2n) is 4.00. The molecule has 1 nitrogen and oxygen atoms in total. The summed E-state index contributed by atoms with van der Waals surface area (Å²) in [5.41, 5.74) is 1.12. The van der Waals surface area contributed by atoms with Crippen LogP contribution >= 0.6 is 24.0 Å². The summed E-state index contributed by atoms with van der Waals surface area (Å²) in [7, 11) is 0. The van der Waals surface area contributed by atoms with Crippen LogP contribution < -0.4 is 0 Å². The van der Waals surface area contributed by atoms with E-state index in [4.69, 9.17) is 0 Å². The molecule has 0 saturated heterocycles. The molecule has 2 aromatic rings. The molecule has 2 unspecified atom stereocenters. The Morgan fingerprint density at radius 3 is 2.73 bits per heavy atom. The van der Waals surface area contributed by atoms with Gasteiger partial charge in [-0.1, -0.05) is 26.0 Å². The predicted molar refractivity (Wildman–Crippen MR) is 70.9 cm³/mol. The Labute approximate surface area is 100.0 Å². The third-order valence-electron chi connectivity index (χ3n) is 2.66. The lowest BCUT2D eigenvalue weighted by molar-refractivity contribution is 0.576. The van der Waals surface area contributed by atoms with E-state index >= 15 is 0 Å². The maximum absolute atomic E-state index is 4.62. The zero-order valence-electron chi connectivity index (χ0n) is 8.97. The monoisotopic (exact) mass is 237 g/mol. The van der Waals surface area contributed by atoms with Crippen LogP contribution in [0.5, 0.6) is 0 Å². The molecule has 0 aliphatic heterocycles. The molecule has 15 heavy (non-hydrogen) atoms. The van der Waals surface area contributed by atoms with Crippen LogP contribution in [-0.4, -0.2) is 10.2 Å². The van der Waals surface area contributed by atoms with E-state index in [1.54, 1.807) is 11.3 Å². The molecular weight excluding hydrogens is 222 g/mol. The Morgan fingerprint density at radius 2 is 2.07 bits per heavy atom. The highest BCUT2D eigenvalue weighted by atomic mass is 32.1. The number of thiol groups is 1. The van der Waals surface area contributed by atoms with Gasteiger partial charge in [0.05, 0.1) is 15.2 Å². The molecule has 80 valence electrons. The van der Waals surface area contributed by atoms with Crippen LogP contribution in [0.15, 0.2) is 24.3 Å². The van der Waals surface area contributed by atoms with E-state index in [2.05, 4.69) is 49.7 Å². The highest BCUT2D eigenvalue weighted by Crippen LogP contribution is 2.25. The van der Waals surface area contributed by atoms with E-state index in [1.807, 2.05) is 6.07 Å². The number of hydrogen-bond donors (Lipinski definition) is 1. The second kappa shape index (κ2) is 4.54. The SMILES string of the molecule is CC(S)C(C)Cc1nc2ccccc2s1. The summed E-state index contributed by atoms with van der Waals surface area (Å²) in [6.07, 6.45) is 1.03. The van der Waals surface area contributed by atoms with Crippen molar-refractivity contribution in [3.8, 4) is 0 Å². The van der Waals surface area contributed by atoms with Gasteiger partial charge >= 0.3 is 0 Å². The van der Waals surface area contributed by atoms with E-state index in [1.165, 1.54) is 9.71 Å². The molecule has 0 N–H and O–H groups in total. The van der Waals surface area contributed by atoms with Gasteiger partial charge in [-0.2, -0.15) is 12.6 Å². The maximum Gasteiger partial charge on any atom is 0.0941 e. The molecule has 1 aromatic heterocycles. The fourth-order valence-electron chi connectivity index (χ4n) is 1.45. The minimum Gasteiger partial charge on any atom is -0.241 e. The number of benzene rings is 1. The largest absolute Gasteiger partial charge is 0.241 e. The van der Waals surface area contributed by atoms with Gasteiger partial charge < -0.3 is 0 Å². The molecule has 0 bridgehead atoms. The van der Waals surface area contributed by atoms with Gasteiger partial charge in [-0.25, -0.2) is 4.98 Å². The van der Waals surface area contributed by atoms with Gasteiger partial charge in [0.2, 0.25) is 0 Å². The van der Waals surface area contributed by atoms with E-state index in [0.29, 0.717) is 11.2 Å². The van der Waals surface area contributed by atoms with Crippen molar-refractivity contribution >= 4 is 34.2 Å². The van der Waals surface area contributed by atoms with Crippen molar-refractivity contribution in [2.75, 3.05) is 0 Å². The number of rotatable bonds is 3. The third kappa shape index (κ3) is 2.52. The lowest BCUT2D eigenvalue weighted by Crippen LogP contribution is -2.09. The Morgan fingerprint density at radius 1 is 1.33 bits per heavy atom. The molecule has 0 fully saturated rings. The second-order valence-corrected chi connectivity index (χ2v) is 5.93. The normalized spacial score (nSPS) is 15.4. The van der Waals surface area contributed by atoms with Gasteiger partial charge in [0.1, 0.15) is 0 Å². The van der Waals surface area contributed by atoms with Gasteiger partial charge in [-0.3, -0.25) is 0 Å². The lowest BCUT2D eigenvalue weighted by atomic mass is 10.1. The van der Waals surface area contributed by atoms with Crippen molar-refractivity contribution in [2.24, 2.45) is 5.92 Å². The summed E-state index contributed by atoms with van der Waals surface area (Å²) in [6.45, 7) is 4.37. The summed E-state index contributed by atoms with van der Waals surface area (Å²) < 4.78 is 1.28. The molecule has 0 amide bonds. The van der Waals surface area contributed by atoms with E-state index < -0.39 is 0 Å². The molecule has 0 saturated carbocycles. The average Bonchev–Trinajstić information content (AvgIpc) is 2.59. The summed E-state index contributed by atoms with van der Waals surface area (Å²) >= 11 is 6.26. The van der Waals surface area contributed by atoms with Crippen LogP contribution in [0.25, 0.3) is 10.2 Å². The van der Waals surface area contributed by atoms with Gasteiger partial charge in [-0.15, -0.1) is 11.3 Å². The van der Waals surface area contributed by atoms with Gasteiger partial charge in [0, 0.05) is 11.7 Å². The fraction of sp³-hybridized carbons (Fsp3) is 0.417. The average molecular weight is 237 g/mol. The predicted octanol–water partition coefficient (Wildman–Crippen LogP) is 3.79. The van der Waals surface area contributed by atoms with E-state index in [-0.39, 0.29) is 0 Å². The maximum atomic E-state index is 4.62. The highest BCUT2D eigenvalue weighted by Gasteiger charge is 2.11. The van der Waals surface area contributed by atoms with Gasteiger partial charge in [0.25, 0.3) is 0 Å². The summed E-state index contributed by atoms with van der Waals surface area (Å²) in [5.74, 6) is 0.578. The first-order valence-electron chi connectivity index (χ1n) is 5.19. The van der Waals surface area contributed by atoms with Crippen LogP contribution in [0.3, 0.4) is 0 Å². The Balaban J connectivity index is 2.22. The molecule has 1 heterocycles. The molecule has 0 aliphatic rings. The first-order valence-corrected chi connectivity index (χ1v) is 6.52. The molecule has 0 aliphatic carbocycles. The minimum absolute atomic E-state index is 0.428. The van der Waals surface area contributed by atoms with Crippen molar-refractivity contribution in [2.45, 2.75) is 25.5 Å². The molecule has 1 aromatic carbocycles. The molecule has 0 spiro atoms. The quantitative estimate of drug-likeness (QED) is 0.801. The topological polar surface area (TPSA) is 12.9 Å². The zero-order valence-corrected chi connectivity index (χ0v) is 10.7. The summed E-state index contributed by atoms with van der Waals surface area (Å²) in [4.78, 5) is 4.62. The molecule has 2 atom stereocenters. The van der Waals surface area contributed by atoms with Gasteiger partial charge in [0.15, 0.2) is 0 Å². The number of aromatic nitrogens is 1. The highest BCUT2D eigenvalue weighted by molar-refractivity contribution is 7.80. The summed E-state index contributed by atoms with van der Waals surface area (Å²) in [6, 6.07) is 8.31. The van der Waals surface area contributed by atoms with Crippen LogP contribution in [0.1, 0.15) is 18.9 Å². The van der Waals surface area contributed by atoms with Crippen molar-refractivity contribution in [1.82, 2.24) is 4.98 Å². The minimum atomic E-state index is 0.428. The number of thiazole rings is 1. The van der Waals surface area contributed by atoms with Crippen molar-refractivity contribution < 1.29 is 0 Å². The molecular formula is C12H15NS2. The molecule has 2 rings (SSSR count). The number of hydrogen-bond acceptors (Lipinski definition) is 3. The Bertz CT molecular complexity index is 415. The Hall–Kier alpha value is -0.540. The first-order chi connectivity index (χ1) is 7.16. The standard InChI is InChI=1S/C12H15NS2/c1-8(9(2)14)7-12-13-10-5-3-4-6-11(10)15-12/h3-6,8-9,14H,7H2,1-2H3. The van der Waals surface area contributed by atoms with Crippen LogP contribution in [-0.2, 0) is 6.42 Å².